The van der Waals surface area contributed by atoms with Gasteiger partial charge in [0.25, 0.3) is 0 Å². The molecule has 1 aromatic carbocycles. The van der Waals surface area contributed by atoms with Crippen molar-refractivity contribution in [1.29, 1.82) is 0 Å². The second kappa shape index (κ2) is 7.74. The van der Waals surface area contributed by atoms with Crippen molar-refractivity contribution in [2.45, 2.75) is 38.9 Å². The number of hydrogen-bond donors (Lipinski definition) is 1. The minimum Gasteiger partial charge on any atom is -0.480 e. The van der Waals surface area contributed by atoms with Gasteiger partial charge in [-0.25, -0.2) is 9.59 Å². The monoisotopic (exact) mass is 361 g/mol. The normalized spacial score (nSPS) is 17.6. The fourth-order valence-corrected chi connectivity index (χ4v) is 3.39. The molecule has 1 amide bonds. The first-order valence-corrected chi connectivity index (χ1v) is 8.82. The SMILES string of the molecule is CCCn1c(=O)n(CCC(=O)N2CCOCC2C(=O)O)c2ccccc21. The quantitative estimate of drug-likeness (QED) is 0.826. The minimum atomic E-state index is -1.07. The van der Waals surface area contributed by atoms with E-state index in [9.17, 15) is 19.5 Å². The van der Waals surface area contributed by atoms with E-state index >= 15 is 0 Å². The third kappa shape index (κ3) is 3.37. The number of benzene rings is 1. The number of carbonyl (C=O) groups excluding carboxylic acids is 1. The van der Waals surface area contributed by atoms with Crippen LogP contribution in [0.5, 0.6) is 0 Å². The molecule has 1 aliphatic heterocycles. The van der Waals surface area contributed by atoms with Gasteiger partial charge in [0.05, 0.1) is 24.2 Å². The van der Waals surface area contributed by atoms with E-state index in [1.807, 2.05) is 31.2 Å². The van der Waals surface area contributed by atoms with Crippen molar-refractivity contribution >= 4 is 22.9 Å². The first-order chi connectivity index (χ1) is 12.5. The number of hydrogen-bond acceptors (Lipinski definition) is 4. The first kappa shape index (κ1) is 18.2. The molecule has 1 fully saturated rings. The number of aryl methyl sites for hydroxylation is 2. The Morgan fingerprint density at radius 2 is 1.85 bits per heavy atom. The van der Waals surface area contributed by atoms with Crippen molar-refractivity contribution < 1.29 is 19.4 Å². The zero-order valence-electron chi connectivity index (χ0n) is 14.8. The largest absolute Gasteiger partial charge is 0.480 e. The molecule has 1 unspecified atom stereocenters. The fourth-order valence-electron chi connectivity index (χ4n) is 3.39. The minimum absolute atomic E-state index is 0.00315. The Hall–Kier alpha value is -2.61. The van der Waals surface area contributed by atoms with Gasteiger partial charge in [-0.15, -0.1) is 0 Å². The molecule has 8 nitrogen and oxygen atoms in total. The number of nitrogens with zero attached hydrogens (tertiary/aromatic N) is 3. The number of aromatic nitrogens is 2. The smallest absolute Gasteiger partial charge is 0.329 e. The van der Waals surface area contributed by atoms with E-state index in [4.69, 9.17) is 4.74 Å². The lowest BCUT2D eigenvalue weighted by Gasteiger charge is -2.32. The Morgan fingerprint density at radius 3 is 2.46 bits per heavy atom. The molecule has 1 aliphatic rings. The molecule has 2 heterocycles. The third-order valence-electron chi connectivity index (χ3n) is 4.66. The van der Waals surface area contributed by atoms with E-state index in [0.717, 1.165) is 17.5 Å². The Labute approximate surface area is 150 Å². The maximum atomic E-state index is 12.7. The van der Waals surface area contributed by atoms with E-state index in [0.29, 0.717) is 13.2 Å². The number of carbonyl (C=O) groups is 2. The molecule has 0 spiro atoms. The summed E-state index contributed by atoms with van der Waals surface area (Å²) in [4.78, 5) is 37.9. The zero-order valence-corrected chi connectivity index (χ0v) is 14.8. The van der Waals surface area contributed by atoms with Crippen LogP contribution in [0.15, 0.2) is 29.1 Å². The standard InChI is InChI=1S/C18H23N3O5/c1-2-8-20-13-5-3-4-6-14(13)21(18(20)25)9-7-16(22)19-10-11-26-12-15(19)17(23)24/h3-6,15H,2,7-12H2,1H3,(H,23,24). The molecular formula is C18H23N3O5. The number of imidazole rings is 1. The molecule has 1 atom stereocenters. The molecule has 0 saturated carbocycles. The van der Waals surface area contributed by atoms with Crippen LogP contribution in [-0.4, -0.2) is 56.8 Å². The molecule has 8 heteroatoms. The molecule has 0 bridgehead atoms. The number of ether oxygens (including phenoxy) is 1. The lowest BCUT2D eigenvalue weighted by Crippen LogP contribution is -2.52. The van der Waals surface area contributed by atoms with Gasteiger partial charge in [-0.3, -0.25) is 13.9 Å². The molecule has 0 aliphatic carbocycles. The van der Waals surface area contributed by atoms with Crippen LogP contribution in [-0.2, 0) is 27.4 Å². The molecule has 26 heavy (non-hydrogen) atoms. The van der Waals surface area contributed by atoms with Crippen LogP contribution in [0.4, 0.5) is 0 Å². The number of carboxylic acid groups (broad SMARTS) is 1. The summed E-state index contributed by atoms with van der Waals surface area (Å²) >= 11 is 0. The Balaban J connectivity index is 1.81. The van der Waals surface area contributed by atoms with Gasteiger partial charge in [-0.1, -0.05) is 19.1 Å². The van der Waals surface area contributed by atoms with Gasteiger partial charge in [-0.2, -0.15) is 0 Å². The average Bonchev–Trinajstić information content (AvgIpc) is 2.92. The van der Waals surface area contributed by atoms with Crippen molar-refractivity contribution in [3.63, 3.8) is 0 Å². The summed E-state index contributed by atoms with van der Waals surface area (Å²) in [5.41, 5.74) is 1.50. The van der Waals surface area contributed by atoms with Gasteiger partial charge in [0, 0.05) is 26.1 Å². The maximum absolute atomic E-state index is 12.7. The number of amides is 1. The van der Waals surface area contributed by atoms with E-state index in [1.54, 1.807) is 9.13 Å². The highest BCUT2D eigenvalue weighted by Gasteiger charge is 2.32. The maximum Gasteiger partial charge on any atom is 0.329 e. The van der Waals surface area contributed by atoms with Crippen molar-refractivity contribution in [2.75, 3.05) is 19.8 Å². The van der Waals surface area contributed by atoms with E-state index < -0.39 is 12.0 Å². The van der Waals surface area contributed by atoms with Crippen LogP contribution in [0.2, 0.25) is 0 Å². The van der Waals surface area contributed by atoms with Crippen LogP contribution in [0.3, 0.4) is 0 Å². The molecule has 2 aromatic rings. The second-order valence-electron chi connectivity index (χ2n) is 6.34. The van der Waals surface area contributed by atoms with Crippen LogP contribution in [0, 0.1) is 0 Å². The topological polar surface area (TPSA) is 93.8 Å². The van der Waals surface area contributed by atoms with Gasteiger partial charge in [0.1, 0.15) is 0 Å². The molecule has 1 N–H and O–H groups in total. The Morgan fingerprint density at radius 1 is 1.19 bits per heavy atom. The summed E-state index contributed by atoms with van der Waals surface area (Å²) in [5.74, 6) is -1.35. The number of fused-ring (bicyclic) bond motifs is 1. The zero-order chi connectivity index (χ0) is 18.7. The summed E-state index contributed by atoms with van der Waals surface area (Å²) in [6, 6.07) is 6.54. The fraction of sp³-hybridized carbons (Fsp3) is 0.500. The Kier molecular flexibility index (Phi) is 5.41. The summed E-state index contributed by atoms with van der Waals surface area (Å²) < 4.78 is 8.47. The van der Waals surface area contributed by atoms with Gasteiger partial charge < -0.3 is 14.7 Å². The van der Waals surface area contributed by atoms with Crippen molar-refractivity contribution in [2.24, 2.45) is 0 Å². The summed E-state index contributed by atoms with van der Waals surface area (Å²) in [5, 5.41) is 9.26. The van der Waals surface area contributed by atoms with Gasteiger partial charge in [0.15, 0.2) is 6.04 Å². The average molecular weight is 361 g/mol. The number of carboxylic acids is 1. The van der Waals surface area contributed by atoms with E-state index in [-0.39, 0.29) is 37.7 Å². The second-order valence-corrected chi connectivity index (χ2v) is 6.34. The van der Waals surface area contributed by atoms with Gasteiger partial charge in [-0.05, 0) is 18.6 Å². The molecule has 0 radical (unpaired) electrons. The van der Waals surface area contributed by atoms with Crippen LogP contribution < -0.4 is 5.69 Å². The predicted octanol–water partition coefficient (Wildman–Crippen LogP) is 0.915. The van der Waals surface area contributed by atoms with Crippen LogP contribution >= 0.6 is 0 Å². The van der Waals surface area contributed by atoms with Crippen molar-refractivity contribution in [3.05, 3.63) is 34.7 Å². The lowest BCUT2D eigenvalue weighted by molar-refractivity contribution is -0.158. The number of aliphatic carboxylic acids is 1. The first-order valence-electron chi connectivity index (χ1n) is 8.82. The Bertz CT molecular complexity index is 869. The van der Waals surface area contributed by atoms with Crippen molar-refractivity contribution in [3.8, 4) is 0 Å². The van der Waals surface area contributed by atoms with E-state index in [2.05, 4.69) is 0 Å². The summed E-state index contributed by atoms with van der Waals surface area (Å²) in [6.45, 7) is 3.42. The highest BCUT2D eigenvalue weighted by atomic mass is 16.5. The van der Waals surface area contributed by atoms with Crippen LogP contribution in [0.25, 0.3) is 11.0 Å². The number of morpholine rings is 1. The van der Waals surface area contributed by atoms with Crippen molar-refractivity contribution in [1.82, 2.24) is 14.0 Å². The van der Waals surface area contributed by atoms with Gasteiger partial charge in [0.2, 0.25) is 5.91 Å². The molecule has 3 rings (SSSR count). The molecule has 140 valence electrons. The molecular weight excluding hydrogens is 338 g/mol. The lowest BCUT2D eigenvalue weighted by atomic mass is 10.2. The highest BCUT2D eigenvalue weighted by molar-refractivity contribution is 5.84. The third-order valence-corrected chi connectivity index (χ3v) is 4.66. The number of para-hydroxylation sites is 2. The van der Waals surface area contributed by atoms with Crippen LogP contribution in [0.1, 0.15) is 19.8 Å². The highest BCUT2D eigenvalue weighted by Crippen LogP contribution is 2.15. The summed E-state index contributed by atoms with van der Waals surface area (Å²) in [6.07, 6.45) is 0.907. The molecule has 1 aromatic heterocycles. The van der Waals surface area contributed by atoms with Gasteiger partial charge >= 0.3 is 11.7 Å². The van der Waals surface area contributed by atoms with E-state index in [1.165, 1.54) is 4.90 Å². The predicted molar refractivity (Wildman–Crippen MR) is 95.1 cm³/mol. The summed E-state index contributed by atoms with van der Waals surface area (Å²) in [7, 11) is 0. The number of rotatable bonds is 6. The molecule has 1 saturated heterocycles.